The molecule has 0 bridgehead atoms. The highest BCUT2D eigenvalue weighted by Crippen LogP contribution is 2.28. The summed E-state index contributed by atoms with van der Waals surface area (Å²) >= 11 is 0. The van der Waals surface area contributed by atoms with Crippen molar-refractivity contribution in [1.29, 1.82) is 0 Å². The van der Waals surface area contributed by atoms with Crippen molar-refractivity contribution in [3.63, 3.8) is 0 Å². The average molecular weight is 221 g/mol. The van der Waals surface area contributed by atoms with Gasteiger partial charge in [0.15, 0.2) is 0 Å². The molecule has 4 heteroatoms. The number of carbonyl (C=O) groups is 2. The Kier molecular flexibility index (Phi) is 5.03. The minimum Gasteiger partial charge on any atom is -0.340 e. The molecule has 1 heterocycles. The number of unbranched alkanes of at least 4 members (excludes halogenated alkanes) is 3. The molecule has 0 aromatic heterocycles. The van der Waals surface area contributed by atoms with Crippen LogP contribution in [0, 0.1) is 11.8 Å². The monoisotopic (exact) mass is 221 g/mol. The number of hydrogen-bond acceptors (Lipinski definition) is 2. The molecule has 0 saturated carbocycles. The number of rotatable bonds is 6. The molecule has 16 heavy (non-hydrogen) atoms. The van der Waals surface area contributed by atoms with Crippen LogP contribution >= 0.6 is 0 Å². The Morgan fingerprint density at radius 3 is 2.56 bits per heavy atom. The van der Waals surface area contributed by atoms with E-state index in [4.69, 9.17) is 7.98 Å². The second-order valence-electron chi connectivity index (χ2n) is 4.74. The summed E-state index contributed by atoms with van der Waals surface area (Å²) in [6, 6.07) is 0. The fraction of sp³-hybridized carbons (Fsp3) is 0.833. The second-order valence-corrected chi connectivity index (χ2v) is 4.74. The quantitative estimate of drug-likeness (QED) is 0.391. The highest BCUT2D eigenvalue weighted by atomic mass is 16.2. The van der Waals surface area contributed by atoms with Crippen LogP contribution in [0.2, 0.25) is 0 Å². The van der Waals surface area contributed by atoms with Gasteiger partial charge in [-0.25, -0.2) is 0 Å². The summed E-state index contributed by atoms with van der Waals surface area (Å²) in [4.78, 5) is 23.7. The fourth-order valence-corrected chi connectivity index (χ4v) is 2.21. The highest BCUT2D eigenvalue weighted by Gasteiger charge is 2.38. The number of imide groups is 1. The molecule has 88 valence electrons. The molecule has 0 aliphatic carbocycles. The highest BCUT2D eigenvalue weighted by molar-refractivity contribution is 6.27. The lowest BCUT2D eigenvalue weighted by molar-refractivity contribution is -0.133. The van der Waals surface area contributed by atoms with Gasteiger partial charge in [0.25, 0.3) is 0 Å². The van der Waals surface area contributed by atoms with Crippen LogP contribution in [0.3, 0.4) is 0 Å². The Balaban J connectivity index is 2.34. The van der Waals surface area contributed by atoms with Crippen molar-refractivity contribution in [3.8, 4) is 0 Å². The molecule has 2 amide bonds. The molecule has 2 unspecified atom stereocenters. The summed E-state index contributed by atoms with van der Waals surface area (Å²) in [7, 11) is 5.36. The third-order valence-corrected chi connectivity index (χ3v) is 3.42. The molecule has 0 spiro atoms. The van der Waals surface area contributed by atoms with Crippen molar-refractivity contribution in [2.45, 2.75) is 52.4 Å². The van der Waals surface area contributed by atoms with E-state index in [9.17, 15) is 9.59 Å². The SMILES string of the molecule is [B]N1C(=O)CC(C(C)CCCCCC)C1=O. The first-order chi connectivity index (χ1) is 7.57. The molecular formula is C12H20BNO2. The van der Waals surface area contributed by atoms with Crippen LogP contribution in [0.25, 0.3) is 0 Å². The van der Waals surface area contributed by atoms with Gasteiger partial charge >= 0.3 is 0 Å². The summed E-state index contributed by atoms with van der Waals surface area (Å²) < 4.78 is 0. The smallest absolute Gasteiger partial charge is 0.242 e. The van der Waals surface area contributed by atoms with E-state index in [1.54, 1.807) is 0 Å². The first kappa shape index (κ1) is 13.3. The largest absolute Gasteiger partial charge is 0.340 e. The molecule has 1 aliphatic rings. The second kappa shape index (κ2) is 6.07. The lowest BCUT2D eigenvalue weighted by atomic mass is 9.88. The first-order valence-corrected chi connectivity index (χ1v) is 6.19. The van der Waals surface area contributed by atoms with E-state index in [-0.39, 0.29) is 23.7 Å². The van der Waals surface area contributed by atoms with Crippen LogP contribution in [0.5, 0.6) is 0 Å². The van der Waals surface area contributed by atoms with E-state index < -0.39 is 0 Å². The van der Waals surface area contributed by atoms with Gasteiger partial charge < -0.3 is 4.81 Å². The van der Waals surface area contributed by atoms with Gasteiger partial charge in [0.05, 0.1) is 0 Å². The van der Waals surface area contributed by atoms with Gasteiger partial charge in [0, 0.05) is 12.3 Å². The van der Waals surface area contributed by atoms with Gasteiger partial charge in [0.1, 0.15) is 0 Å². The van der Waals surface area contributed by atoms with Gasteiger partial charge in [-0.15, -0.1) is 0 Å². The van der Waals surface area contributed by atoms with Crippen molar-refractivity contribution in [2.24, 2.45) is 11.8 Å². The van der Waals surface area contributed by atoms with E-state index in [0.717, 1.165) is 17.7 Å². The predicted octanol–water partition coefficient (Wildman–Crippen LogP) is 2.05. The van der Waals surface area contributed by atoms with Crippen molar-refractivity contribution in [2.75, 3.05) is 0 Å². The molecular weight excluding hydrogens is 201 g/mol. The number of amides is 2. The van der Waals surface area contributed by atoms with E-state index in [0.29, 0.717) is 6.42 Å². The summed E-state index contributed by atoms with van der Waals surface area (Å²) in [5, 5.41) is 0. The van der Waals surface area contributed by atoms with Crippen molar-refractivity contribution in [1.82, 2.24) is 4.81 Å². The van der Waals surface area contributed by atoms with Gasteiger partial charge in [0.2, 0.25) is 19.8 Å². The zero-order chi connectivity index (χ0) is 12.1. The van der Waals surface area contributed by atoms with Crippen LogP contribution in [0.4, 0.5) is 0 Å². The van der Waals surface area contributed by atoms with Crippen molar-refractivity contribution >= 4 is 19.8 Å². The molecule has 0 N–H and O–H groups in total. The standard InChI is InChI=1S/C12H20BNO2/c1-3-4-5-6-7-9(2)10-8-11(15)14(13)12(10)16/h9-10H,3-8H2,1-2H3. The minimum absolute atomic E-state index is 0.181. The Morgan fingerprint density at radius 2 is 2.06 bits per heavy atom. The third-order valence-electron chi connectivity index (χ3n) is 3.42. The summed E-state index contributed by atoms with van der Waals surface area (Å²) in [5.74, 6) is -0.357. The van der Waals surface area contributed by atoms with Crippen molar-refractivity contribution in [3.05, 3.63) is 0 Å². The minimum atomic E-state index is -0.240. The maximum absolute atomic E-state index is 11.6. The summed E-state index contributed by atoms with van der Waals surface area (Å²) in [5.41, 5.74) is 0. The molecule has 2 atom stereocenters. The van der Waals surface area contributed by atoms with Gasteiger partial charge in [-0.3, -0.25) is 9.59 Å². The van der Waals surface area contributed by atoms with Gasteiger partial charge in [-0.05, 0) is 12.3 Å². The zero-order valence-electron chi connectivity index (χ0n) is 10.2. The normalized spacial score (nSPS) is 22.9. The lowest BCUT2D eigenvalue weighted by Crippen LogP contribution is -2.29. The summed E-state index contributed by atoms with van der Waals surface area (Å²) in [6.45, 7) is 4.22. The van der Waals surface area contributed by atoms with E-state index >= 15 is 0 Å². The molecule has 2 radical (unpaired) electrons. The summed E-state index contributed by atoms with van der Waals surface area (Å²) in [6.07, 6.45) is 6.11. The zero-order valence-corrected chi connectivity index (χ0v) is 10.2. The fourth-order valence-electron chi connectivity index (χ4n) is 2.21. The van der Waals surface area contributed by atoms with Crippen LogP contribution in [-0.4, -0.2) is 24.6 Å². The molecule has 1 fully saturated rings. The molecule has 1 rings (SSSR count). The Bertz CT molecular complexity index is 268. The number of carbonyl (C=O) groups excluding carboxylic acids is 2. The Morgan fingerprint density at radius 1 is 1.38 bits per heavy atom. The molecule has 1 aliphatic heterocycles. The van der Waals surface area contributed by atoms with Gasteiger partial charge in [-0.2, -0.15) is 0 Å². The third kappa shape index (κ3) is 3.10. The van der Waals surface area contributed by atoms with Crippen LogP contribution in [0.1, 0.15) is 52.4 Å². The maximum atomic E-state index is 11.6. The molecule has 0 aromatic rings. The molecule has 3 nitrogen and oxygen atoms in total. The average Bonchev–Trinajstić information content (AvgIpc) is 2.52. The van der Waals surface area contributed by atoms with Gasteiger partial charge in [-0.1, -0.05) is 39.5 Å². The topological polar surface area (TPSA) is 37.4 Å². The van der Waals surface area contributed by atoms with Crippen LogP contribution in [0.15, 0.2) is 0 Å². The first-order valence-electron chi connectivity index (χ1n) is 6.19. The lowest BCUT2D eigenvalue weighted by Gasteiger charge is -2.17. The Labute approximate surface area is 99.0 Å². The number of nitrogens with zero attached hydrogens (tertiary/aromatic N) is 1. The van der Waals surface area contributed by atoms with E-state index in [1.807, 2.05) is 6.92 Å². The van der Waals surface area contributed by atoms with E-state index in [1.165, 1.54) is 19.3 Å². The van der Waals surface area contributed by atoms with E-state index in [2.05, 4.69) is 6.92 Å². The van der Waals surface area contributed by atoms with Crippen molar-refractivity contribution < 1.29 is 9.59 Å². The van der Waals surface area contributed by atoms with Crippen LogP contribution < -0.4 is 0 Å². The molecule has 0 aromatic carbocycles. The Hall–Kier alpha value is -0.795. The predicted molar refractivity (Wildman–Crippen MR) is 63.6 cm³/mol. The van der Waals surface area contributed by atoms with Crippen LogP contribution in [-0.2, 0) is 9.59 Å². The maximum Gasteiger partial charge on any atom is 0.242 e. The molecule has 1 saturated heterocycles. The number of hydrogen-bond donors (Lipinski definition) is 0.